The Balaban J connectivity index is 1.92. The molecule has 0 aliphatic carbocycles. The fraction of sp³-hybridized carbons (Fsp3) is 0.385. The average Bonchev–Trinajstić information content (AvgIpc) is 3.05. The third kappa shape index (κ3) is 6.20. The number of nitrogens with zero attached hydrogens (tertiary/aromatic N) is 2. The molecule has 0 bridgehead atoms. The smallest absolute Gasteiger partial charge is 0.294 e. The van der Waals surface area contributed by atoms with Crippen LogP contribution >= 0.6 is 12.2 Å². The molecule has 0 saturated carbocycles. The zero-order chi connectivity index (χ0) is 28.3. The topological polar surface area (TPSA) is 136 Å². The molecule has 3 amide bonds. The summed E-state index contributed by atoms with van der Waals surface area (Å²) in [6, 6.07) is 4.49. The zero-order valence-corrected chi connectivity index (χ0v) is 23.4. The summed E-state index contributed by atoms with van der Waals surface area (Å²) in [6.07, 6.45) is 8.38. The number of anilines is 1. The minimum Gasteiger partial charge on any atom is -0.356 e. The lowest BCUT2D eigenvalue weighted by Gasteiger charge is -2.27. The van der Waals surface area contributed by atoms with Gasteiger partial charge in [0.25, 0.3) is 21.9 Å². The van der Waals surface area contributed by atoms with E-state index in [2.05, 4.69) is 10.6 Å². The van der Waals surface area contributed by atoms with Crippen molar-refractivity contribution >= 4 is 50.9 Å². The predicted octanol–water partition coefficient (Wildman–Crippen LogP) is 2.58. The molecule has 0 aromatic heterocycles. The molecular weight excluding hydrogens is 528 g/mol. The Labute approximate surface area is 228 Å². The Morgan fingerprint density at radius 2 is 1.89 bits per heavy atom. The van der Waals surface area contributed by atoms with E-state index in [0.717, 1.165) is 23.4 Å². The van der Waals surface area contributed by atoms with E-state index in [1.807, 2.05) is 31.7 Å². The Hall–Kier alpha value is -3.35. The predicted molar refractivity (Wildman–Crippen MR) is 148 cm³/mol. The van der Waals surface area contributed by atoms with Gasteiger partial charge in [0.15, 0.2) is 5.11 Å². The SMILES string of the molecule is CCCC(=O)NCCCN1/C(=C/C=C/C=C2\C(=O)NC(=S)N(C)C2=O)C(C)(C)c2cc(S(=O)(=O)O)ccc21. The van der Waals surface area contributed by atoms with Crippen LogP contribution < -0.4 is 15.5 Å². The van der Waals surface area contributed by atoms with E-state index in [1.165, 1.54) is 30.2 Å². The molecule has 0 unspecified atom stereocenters. The first kappa shape index (κ1) is 29.2. The summed E-state index contributed by atoms with van der Waals surface area (Å²) in [5.41, 5.74) is 1.66. The van der Waals surface area contributed by atoms with Crippen molar-refractivity contribution in [1.29, 1.82) is 0 Å². The van der Waals surface area contributed by atoms with Crippen molar-refractivity contribution in [2.24, 2.45) is 0 Å². The Morgan fingerprint density at radius 1 is 1.21 bits per heavy atom. The van der Waals surface area contributed by atoms with Crippen LogP contribution in [-0.4, -0.2) is 60.8 Å². The third-order valence-electron chi connectivity index (χ3n) is 6.45. The van der Waals surface area contributed by atoms with Gasteiger partial charge in [0.1, 0.15) is 5.57 Å². The number of likely N-dealkylation sites (N-methyl/N-ethyl adjacent to an activating group) is 1. The molecular formula is C26H32N4O6S2. The van der Waals surface area contributed by atoms with Crippen LogP contribution in [-0.2, 0) is 29.9 Å². The number of hydrogen-bond acceptors (Lipinski definition) is 7. The summed E-state index contributed by atoms with van der Waals surface area (Å²) < 4.78 is 33.2. The number of thiocarbonyl (C=S) groups is 1. The normalized spacial score (nSPS) is 19.4. The van der Waals surface area contributed by atoms with Gasteiger partial charge in [-0.15, -0.1) is 0 Å². The number of hydrogen-bond donors (Lipinski definition) is 3. The van der Waals surface area contributed by atoms with E-state index in [-0.39, 0.29) is 21.5 Å². The van der Waals surface area contributed by atoms with E-state index in [0.29, 0.717) is 25.9 Å². The first-order valence-corrected chi connectivity index (χ1v) is 14.0. The van der Waals surface area contributed by atoms with E-state index in [9.17, 15) is 27.4 Å². The van der Waals surface area contributed by atoms with Gasteiger partial charge in [-0.3, -0.25) is 29.2 Å². The molecule has 2 heterocycles. The van der Waals surface area contributed by atoms with Crippen LogP contribution in [0.4, 0.5) is 5.69 Å². The summed E-state index contributed by atoms with van der Waals surface area (Å²) >= 11 is 4.96. The number of carbonyl (C=O) groups excluding carboxylic acids is 3. The lowest BCUT2D eigenvalue weighted by atomic mass is 9.83. The average molecular weight is 561 g/mol. The van der Waals surface area contributed by atoms with Gasteiger partial charge in [-0.2, -0.15) is 8.42 Å². The number of nitrogens with one attached hydrogen (secondary N) is 2. The maximum Gasteiger partial charge on any atom is 0.294 e. The lowest BCUT2D eigenvalue weighted by Crippen LogP contribution is -2.52. The van der Waals surface area contributed by atoms with E-state index in [4.69, 9.17) is 12.2 Å². The van der Waals surface area contributed by atoms with Crippen molar-refractivity contribution in [3.63, 3.8) is 0 Å². The number of allylic oxidation sites excluding steroid dienone is 5. The highest BCUT2D eigenvalue weighted by Gasteiger charge is 2.40. The molecule has 1 aromatic carbocycles. The molecule has 204 valence electrons. The minimum absolute atomic E-state index is 0.00751. The zero-order valence-electron chi connectivity index (χ0n) is 21.8. The molecule has 1 saturated heterocycles. The molecule has 3 N–H and O–H groups in total. The first-order chi connectivity index (χ1) is 17.8. The van der Waals surface area contributed by atoms with Crippen molar-refractivity contribution in [2.45, 2.75) is 50.3 Å². The molecule has 0 radical (unpaired) electrons. The molecule has 0 spiro atoms. The van der Waals surface area contributed by atoms with Gasteiger partial charge < -0.3 is 10.2 Å². The van der Waals surface area contributed by atoms with Gasteiger partial charge in [0.05, 0.1) is 4.90 Å². The number of fused-ring (bicyclic) bond motifs is 1. The highest BCUT2D eigenvalue weighted by Crippen LogP contribution is 2.48. The molecule has 0 atom stereocenters. The van der Waals surface area contributed by atoms with Crippen LogP contribution in [0.3, 0.4) is 0 Å². The lowest BCUT2D eigenvalue weighted by molar-refractivity contribution is -0.128. The molecule has 1 aromatic rings. The Kier molecular flexibility index (Phi) is 8.90. The largest absolute Gasteiger partial charge is 0.356 e. The van der Waals surface area contributed by atoms with Crippen LogP contribution in [0.2, 0.25) is 0 Å². The maximum atomic E-state index is 12.4. The van der Waals surface area contributed by atoms with Gasteiger partial charge in [-0.05, 0) is 61.0 Å². The number of amides is 3. The number of benzene rings is 1. The number of rotatable bonds is 9. The second-order valence-electron chi connectivity index (χ2n) is 9.52. The second-order valence-corrected chi connectivity index (χ2v) is 11.3. The third-order valence-corrected chi connectivity index (χ3v) is 7.68. The summed E-state index contributed by atoms with van der Waals surface area (Å²) in [5, 5.41) is 5.40. The fourth-order valence-corrected chi connectivity index (χ4v) is 5.08. The van der Waals surface area contributed by atoms with Crippen LogP contribution in [0.1, 0.15) is 45.6 Å². The van der Waals surface area contributed by atoms with Crippen LogP contribution in [0.5, 0.6) is 0 Å². The van der Waals surface area contributed by atoms with Gasteiger partial charge in [-0.25, -0.2) is 0 Å². The monoisotopic (exact) mass is 560 g/mol. The van der Waals surface area contributed by atoms with Crippen LogP contribution in [0.15, 0.2) is 58.7 Å². The van der Waals surface area contributed by atoms with Crippen molar-refractivity contribution in [1.82, 2.24) is 15.5 Å². The Bertz CT molecular complexity index is 1360. The standard InChI is InChI=1S/C26H32N4O6S2/c1-5-9-22(31)27-14-8-15-30-20-13-12-17(38(34,35)36)16-19(20)26(2,3)21(30)11-7-6-10-18-23(32)28-25(37)29(4)24(18)33/h6-7,10-13,16H,5,8-9,14-15H2,1-4H3,(H,27,31)(H,28,32,37)(H,34,35,36)/b7-6+,18-10+,21-11+. The fourth-order valence-electron chi connectivity index (χ4n) is 4.40. The van der Waals surface area contributed by atoms with Gasteiger partial charge >= 0.3 is 0 Å². The second kappa shape index (κ2) is 11.6. The molecule has 12 heteroatoms. The van der Waals surface area contributed by atoms with Crippen molar-refractivity contribution < 1.29 is 27.4 Å². The molecule has 2 aliphatic rings. The van der Waals surface area contributed by atoms with Gasteiger partial charge in [-0.1, -0.05) is 32.9 Å². The Morgan fingerprint density at radius 3 is 2.55 bits per heavy atom. The highest BCUT2D eigenvalue weighted by molar-refractivity contribution is 7.85. The van der Waals surface area contributed by atoms with Crippen LogP contribution in [0, 0.1) is 0 Å². The summed E-state index contributed by atoms with van der Waals surface area (Å²) in [6.45, 7) is 6.84. The molecule has 1 fully saturated rings. The quantitative estimate of drug-likeness (QED) is 0.138. The molecule has 3 rings (SSSR count). The van der Waals surface area contributed by atoms with Crippen molar-refractivity contribution in [3.05, 3.63) is 59.3 Å². The van der Waals surface area contributed by atoms with E-state index in [1.54, 1.807) is 18.2 Å². The summed E-state index contributed by atoms with van der Waals surface area (Å²) in [5.74, 6) is -1.09. The summed E-state index contributed by atoms with van der Waals surface area (Å²) in [4.78, 5) is 39.5. The summed E-state index contributed by atoms with van der Waals surface area (Å²) in [7, 11) is -2.91. The number of carbonyl (C=O) groups is 3. The van der Waals surface area contributed by atoms with Gasteiger partial charge in [0, 0.05) is 43.4 Å². The van der Waals surface area contributed by atoms with Crippen LogP contribution in [0.25, 0.3) is 0 Å². The molecule has 38 heavy (non-hydrogen) atoms. The maximum absolute atomic E-state index is 12.4. The van der Waals surface area contributed by atoms with Gasteiger partial charge in [0.2, 0.25) is 5.91 Å². The minimum atomic E-state index is -4.39. The molecule has 2 aliphatic heterocycles. The first-order valence-electron chi connectivity index (χ1n) is 12.2. The molecule has 10 nitrogen and oxygen atoms in total. The van der Waals surface area contributed by atoms with E-state index >= 15 is 0 Å². The van der Waals surface area contributed by atoms with Crippen molar-refractivity contribution in [2.75, 3.05) is 25.0 Å². The van der Waals surface area contributed by atoms with Crippen molar-refractivity contribution in [3.8, 4) is 0 Å². The highest BCUT2D eigenvalue weighted by atomic mass is 32.2. The van der Waals surface area contributed by atoms with E-state index < -0.39 is 27.3 Å².